The Bertz CT molecular complexity index is 309. The lowest BCUT2D eigenvalue weighted by Crippen LogP contribution is -2.68. The number of carbonyl (C=O) groups is 2. The second-order valence-electron chi connectivity index (χ2n) is 4.51. The molecule has 0 radical (unpaired) electrons. The van der Waals surface area contributed by atoms with Crippen molar-refractivity contribution in [3.05, 3.63) is 0 Å². The van der Waals surface area contributed by atoms with Gasteiger partial charge in [0, 0.05) is 12.3 Å². The van der Waals surface area contributed by atoms with E-state index in [1.807, 2.05) is 13.8 Å². The molecule has 2 unspecified atom stereocenters. The molecule has 0 aromatic carbocycles. The first kappa shape index (κ1) is 14.4. The number of carbonyl (C=O) groups excluding carboxylic acids is 2. The van der Waals surface area contributed by atoms with Crippen LogP contribution in [0, 0.1) is 0 Å². The molecule has 0 aromatic rings. The molecule has 0 bridgehead atoms. The van der Waals surface area contributed by atoms with Crippen LogP contribution in [0.3, 0.4) is 0 Å². The highest BCUT2D eigenvalue weighted by molar-refractivity contribution is 7.99. The van der Waals surface area contributed by atoms with E-state index in [0.717, 1.165) is 11.5 Å². The molecule has 1 heterocycles. The highest BCUT2D eigenvalue weighted by Crippen LogP contribution is 2.25. The number of thioether (sulfide) groups is 1. The lowest BCUT2D eigenvalue weighted by Gasteiger charge is -2.45. The van der Waals surface area contributed by atoms with Crippen LogP contribution in [0.4, 0.5) is 0 Å². The average Bonchev–Trinajstić information content (AvgIpc) is 2.31. The van der Waals surface area contributed by atoms with Crippen LogP contribution in [0.15, 0.2) is 0 Å². The molecule has 1 aliphatic rings. The standard InChI is InChI=1S/C12H22N2O2S/c1-5-12(4)11(16)13-9(3)10(15)14(12)7-8-17-6-2/h9H,5-8H2,1-4H3,(H,13,16). The van der Waals surface area contributed by atoms with Crippen molar-refractivity contribution in [2.75, 3.05) is 18.1 Å². The number of hydrogen-bond acceptors (Lipinski definition) is 3. The zero-order valence-corrected chi connectivity index (χ0v) is 11.9. The van der Waals surface area contributed by atoms with E-state index in [1.165, 1.54) is 0 Å². The van der Waals surface area contributed by atoms with Crippen LogP contribution in [0.1, 0.15) is 34.1 Å². The van der Waals surface area contributed by atoms with Crippen LogP contribution in [0.2, 0.25) is 0 Å². The number of rotatable bonds is 5. The van der Waals surface area contributed by atoms with Crippen LogP contribution in [0.25, 0.3) is 0 Å². The largest absolute Gasteiger partial charge is 0.343 e. The fourth-order valence-corrected chi connectivity index (χ4v) is 2.62. The number of nitrogens with zero attached hydrogens (tertiary/aromatic N) is 1. The van der Waals surface area contributed by atoms with Crippen molar-refractivity contribution in [3.63, 3.8) is 0 Å². The Morgan fingerprint density at radius 2 is 2.06 bits per heavy atom. The summed E-state index contributed by atoms with van der Waals surface area (Å²) in [5.41, 5.74) is -0.683. The number of hydrogen-bond donors (Lipinski definition) is 1. The smallest absolute Gasteiger partial charge is 0.246 e. The Morgan fingerprint density at radius 1 is 1.41 bits per heavy atom. The summed E-state index contributed by atoms with van der Waals surface area (Å²) in [7, 11) is 0. The second kappa shape index (κ2) is 5.76. The molecule has 0 aliphatic carbocycles. The third-order valence-corrected chi connectivity index (χ3v) is 4.30. The summed E-state index contributed by atoms with van der Waals surface area (Å²) >= 11 is 1.79. The van der Waals surface area contributed by atoms with Gasteiger partial charge in [-0.25, -0.2) is 0 Å². The molecule has 98 valence electrons. The van der Waals surface area contributed by atoms with Gasteiger partial charge >= 0.3 is 0 Å². The van der Waals surface area contributed by atoms with E-state index in [-0.39, 0.29) is 11.8 Å². The molecule has 2 amide bonds. The van der Waals surface area contributed by atoms with E-state index in [9.17, 15) is 9.59 Å². The topological polar surface area (TPSA) is 49.4 Å². The van der Waals surface area contributed by atoms with Crippen molar-refractivity contribution in [2.45, 2.75) is 45.7 Å². The van der Waals surface area contributed by atoms with Crippen molar-refractivity contribution in [1.29, 1.82) is 0 Å². The summed E-state index contributed by atoms with van der Waals surface area (Å²) in [5.74, 6) is 1.92. The summed E-state index contributed by atoms with van der Waals surface area (Å²) in [5, 5.41) is 2.75. The van der Waals surface area contributed by atoms with Gasteiger partial charge in [-0.15, -0.1) is 0 Å². The summed E-state index contributed by atoms with van der Waals surface area (Å²) in [6.07, 6.45) is 0.647. The van der Waals surface area contributed by atoms with Crippen LogP contribution in [-0.2, 0) is 9.59 Å². The van der Waals surface area contributed by atoms with E-state index in [1.54, 1.807) is 23.6 Å². The van der Waals surface area contributed by atoms with Crippen molar-refractivity contribution < 1.29 is 9.59 Å². The Morgan fingerprint density at radius 3 is 2.59 bits per heavy atom. The van der Waals surface area contributed by atoms with Gasteiger partial charge in [-0.05, 0) is 26.0 Å². The van der Waals surface area contributed by atoms with Crippen molar-refractivity contribution in [2.24, 2.45) is 0 Å². The van der Waals surface area contributed by atoms with E-state index in [2.05, 4.69) is 12.2 Å². The predicted molar refractivity (Wildman–Crippen MR) is 71.0 cm³/mol. The van der Waals surface area contributed by atoms with Gasteiger partial charge in [-0.1, -0.05) is 13.8 Å². The monoisotopic (exact) mass is 258 g/mol. The lowest BCUT2D eigenvalue weighted by atomic mass is 9.91. The third-order valence-electron chi connectivity index (χ3n) is 3.42. The molecule has 1 saturated heterocycles. The fourth-order valence-electron chi connectivity index (χ4n) is 2.02. The van der Waals surface area contributed by atoms with Crippen LogP contribution >= 0.6 is 11.8 Å². The molecule has 0 spiro atoms. The van der Waals surface area contributed by atoms with Crippen LogP contribution in [-0.4, -0.2) is 46.3 Å². The second-order valence-corrected chi connectivity index (χ2v) is 5.90. The van der Waals surface area contributed by atoms with Gasteiger partial charge in [-0.3, -0.25) is 9.59 Å². The Kier molecular flexibility index (Phi) is 4.86. The quantitative estimate of drug-likeness (QED) is 0.755. The maximum Gasteiger partial charge on any atom is 0.246 e. The summed E-state index contributed by atoms with van der Waals surface area (Å²) in [4.78, 5) is 25.9. The molecule has 17 heavy (non-hydrogen) atoms. The molecule has 1 rings (SSSR count). The Balaban J connectivity index is 2.83. The molecule has 1 N–H and O–H groups in total. The molecule has 1 aliphatic heterocycles. The predicted octanol–water partition coefficient (Wildman–Crippen LogP) is 1.26. The van der Waals surface area contributed by atoms with Crippen molar-refractivity contribution >= 4 is 23.6 Å². The Labute approximate surface area is 108 Å². The minimum absolute atomic E-state index is 0.0330. The first-order chi connectivity index (χ1) is 7.97. The summed E-state index contributed by atoms with van der Waals surface area (Å²) < 4.78 is 0. The van der Waals surface area contributed by atoms with E-state index in [0.29, 0.717) is 13.0 Å². The van der Waals surface area contributed by atoms with Gasteiger partial charge in [0.25, 0.3) is 0 Å². The average molecular weight is 258 g/mol. The molecular formula is C12H22N2O2S. The Hall–Kier alpha value is -0.710. The maximum absolute atomic E-state index is 12.1. The molecule has 2 atom stereocenters. The van der Waals surface area contributed by atoms with Gasteiger partial charge in [0.15, 0.2) is 0 Å². The van der Waals surface area contributed by atoms with Gasteiger partial charge in [-0.2, -0.15) is 11.8 Å². The zero-order valence-electron chi connectivity index (χ0n) is 11.1. The van der Waals surface area contributed by atoms with E-state index >= 15 is 0 Å². The van der Waals surface area contributed by atoms with Crippen LogP contribution in [0.5, 0.6) is 0 Å². The van der Waals surface area contributed by atoms with Gasteiger partial charge in [0.05, 0.1) is 0 Å². The van der Waals surface area contributed by atoms with E-state index in [4.69, 9.17) is 0 Å². The lowest BCUT2D eigenvalue weighted by molar-refractivity contribution is -0.155. The molecule has 5 heteroatoms. The highest BCUT2D eigenvalue weighted by atomic mass is 32.2. The van der Waals surface area contributed by atoms with Crippen molar-refractivity contribution in [3.8, 4) is 0 Å². The summed E-state index contributed by atoms with van der Waals surface area (Å²) in [6.45, 7) is 8.29. The van der Waals surface area contributed by atoms with Gasteiger partial charge < -0.3 is 10.2 Å². The normalized spacial score (nSPS) is 29.4. The molecule has 4 nitrogen and oxygen atoms in total. The highest BCUT2D eigenvalue weighted by Gasteiger charge is 2.46. The summed E-state index contributed by atoms with van der Waals surface area (Å²) in [6, 6.07) is -0.395. The first-order valence-corrected chi connectivity index (χ1v) is 7.33. The SMILES string of the molecule is CCSCCN1C(=O)C(C)NC(=O)C1(C)CC. The van der Waals surface area contributed by atoms with Gasteiger partial charge in [0.1, 0.15) is 11.6 Å². The molecule has 0 aromatic heterocycles. The zero-order chi connectivity index (χ0) is 13.1. The third kappa shape index (κ3) is 2.76. The van der Waals surface area contributed by atoms with Crippen molar-refractivity contribution in [1.82, 2.24) is 10.2 Å². The van der Waals surface area contributed by atoms with Gasteiger partial charge in [0.2, 0.25) is 11.8 Å². The molecular weight excluding hydrogens is 236 g/mol. The molecule has 0 saturated carbocycles. The minimum atomic E-state index is -0.683. The van der Waals surface area contributed by atoms with E-state index < -0.39 is 11.6 Å². The van der Waals surface area contributed by atoms with Crippen LogP contribution < -0.4 is 5.32 Å². The maximum atomic E-state index is 12.1. The first-order valence-electron chi connectivity index (χ1n) is 6.17. The number of amides is 2. The number of nitrogens with one attached hydrogen (secondary N) is 1. The molecule has 1 fully saturated rings. The minimum Gasteiger partial charge on any atom is -0.343 e. The fraction of sp³-hybridized carbons (Fsp3) is 0.833. The number of piperazine rings is 1.